The quantitative estimate of drug-likeness (QED) is 0.946. The Morgan fingerprint density at radius 1 is 1.25 bits per heavy atom. The molecule has 0 saturated heterocycles. The highest BCUT2D eigenvalue weighted by atomic mass is 35.5. The predicted molar refractivity (Wildman–Crippen MR) is 79.5 cm³/mol. The SMILES string of the molecule is COc1cc(C)c(C(O)c2c(C)nn(C)c2Cl)cc1C. The molecule has 0 bridgehead atoms. The monoisotopic (exact) mass is 294 g/mol. The lowest BCUT2D eigenvalue weighted by Gasteiger charge is -2.16. The van der Waals surface area contributed by atoms with Crippen LogP contribution in [0.25, 0.3) is 0 Å². The number of benzene rings is 1. The van der Waals surface area contributed by atoms with E-state index in [-0.39, 0.29) is 0 Å². The number of hydrogen-bond donors (Lipinski definition) is 1. The molecule has 1 atom stereocenters. The lowest BCUT2D eigenvalue weighted by molar-refractivity contribution is 0.218. The third-order valence-corrected chi connectivity index (χ3v) is 4.00. The third kappa shape index (κ3) is 2.41. The zero-order valence-electron chi connectivity index (χ0n) is 12.4. The Kier molecular flexibility index (Phi) is 4.06. The maximum atomic E-state index is 10.7. The first kappa shape index (κ1) is 14.9. The summed E-state index contributed by atoms with van der Waals surface area (Å²) in [6.07, 6.45) is -0.791. The van der Waals surface area contributed by atoms with Gasteiger partial charge in [-0.2, -0.15) is 5.10 Å². The van der Waals surface area contributed by atoms with Crippen LogP contribution < -0.4 is 4.74 Å². The Balaban J connectivity index is 2.53. The molecule has 2 rings (SSSR count). The van der Waals surface area contributed by atoms with Crippen molar-refractivity contribution in [1.82, 2.24) is 9.78 Å². The highest BCUT2D eigenvalue weighted by Gasteiger charge is 2.23. The van der Waals surface area contributed by atoms with Gasteiger partial charge in [0.25, 0.3) is 0 Å². The van der Waals surface area contributed by atoms with Crippen molar-refractivity contribution in [2.24, 2.45) is 7.05 Å². The Labute approximate surface area is 123 Å². The van der Waals surface area contributed by atoms with Crippen LogP contribution in [0.15, 0.2) is 12.1 Å². The highest BCUT2D eigenvalue weighted by Crippen LogP contribution is 2.34. The number of methoxy groups -OCH3 is 1. The summed E-state index contributed by atoms with van der Waals surface area (Å²) in [6, 6.07) is 3.86. The Morgan fingerprint density at radius 3 is 2.40 bits per heavy atom. The van der Waals surface area contributed by atoms with Gasteiger partial charge in [-0.15, -0.1) is 0 Å². The van der Waals surface area contributed by atoms with Crippen molar-refractivity contribution in [3.8, 4) is 5.75 Å². The molecule has 4 nitrogen and oxygen atoms in total. The van der Waals surface area contributed by atoms with E-state index in [2.05, 4.69) is 5.10 Å². The first-order chi connectivity index (χ1) is 9.36. The first-order valence-corrected chi connectivity index (χ1v) is 6.76. The largest absolute Gasteiger partial charge is 0.496 e. The Hall–Kier alpha value is -1.52. The van der Waals surface area contributed by atoms with Crippen LogP contribution in [0.1, 0.15) is 34.1 Å². The molecule has 0 saturated carbocycles. The van der Waals surface area contributed by atoms with Crippen molar-refractivity contribution in [2.75, 3.05) is 7.11 Å². The Bertz CT molecular complexity index is 650. The Morgan fingerprint density at radius 2 is 1.90 bits per heavy atom. The van der Waals surface area contributed by atoms with Crippen LogP contribution in [0.3, 0.4) is 0 Å². The summed E-state index contributed by atoms with van der Waals surface area (Å²) in [5.41, 5.74) is 4.14. The topological polar surface area (TPSA) is 47.3 Å². The van der Waals surface area contributed by atoms with E-state index < -0.39 is 6.10 Å². The van der Waals surface area contributed by atoms with Gasteiger partial charge in [0.2, 0.25) is 0 Å². The van der Waals surface area contributed by atoms with Gasteiger partial charge in [-0.25, -0.2) is 0 Å². The van der Waals surface area contributed by atoms with Crippen molar-refractivity contribution in [3.63, 3.8) is 0 Å². The molecule has 108 valence electrons. The molecule has 5 heteroatoms. The van der Waals surface area contributed by atoms with Gasteiger partial charge in [0, 0.05) is 12.6 Å². The van der Waals surface area contributed by atoms with E-state index in [0.29, 0.717) is 10.7 Å². The molecule has 0 radical (unpaired) electrons. The number of halogens is 1. The van der Waals surface area contributed by atoms with Gasteiger partial charge in [0.1, 0.15) is 17.0 Å². The van der Waals surface area contributed by atoms with Gasteiger partial charge < -0.3 is 9.84 Å². The maximum Gasteiger partial charge on any atom is 0.133 e. The normalized spacial score (nSPS) is 12.6. The van der Waals surface area contributed by atoms with E-state index in [1.807, 2.05) is 32.9 Å². The predicted octanol–water partition coefficient (Wildman–Crippen LogP) is 3.09. The van der Waals surface area contributed by atoms with Gasteiger partial charge >= 0.3 is 0 Å². The minimum atomic E-state index is -0.791. The van der Waals surface area contributed by atoms with Crippen molar-refractivity contribution in [2.45, 2.75) is 26.9 Å². The molecule has 1 unspecified atom stereocenters. The molecular formula is C15H19ClN2O2. The molecular weight excluding hydrogens is 276 g/mol. The van der Waals surface area contributed by atoms with E-state index in [1.54, 1.807) is 18.8 Å². The van der Waals surface area contributed by atoms with Crippen molar-refractivity contribution < 1.29 is 9.84 Å². The number of aliphatic hydroxyl groups is 1. The molecule has 0 fully saturated rings. The second-order valence-corrected chi connectivity index (χ2v) is 5.35. The molecule has 0 aliphatic rings. The van der Waals surface area contributed by atoms with Crippen LogP contribution in [0.5, 0.6) is 5.75 Å². The molecule has 1 heterocycles. The van der Waals surface area contributed by atoms with E-state index in [9.17, 15) is 5.11 Å². The number of aromatic nitrogens is 2. The van der Waals surface area contributed by atoms with Crippen LogP contribution in [0.2, 0.25) is 5.15 Å². The number of aliphatic hydroxyl groups excluding tert-OH is 1. The van der Waals surface area contributed by atoms with Gasteiger partial charge in [-0.05, 0) is 49.6 Å². The second kappa shape index (κ2) is 5.46. The van der Waals surface area contributed by atoms with Crippen LogP contribution in [0.4, 0.5) is 0 Å². The molecule has 0 aliphatic heterocycles. The van der Waals surface area contributed by atoms with Crippen molar-refractivity contribution in [3.05, 3.63) is 45.2 Å². The van der Waals surface area contributed by atoms with Gasteiger partial charge in [-0.1, -0.05) is 11.6 Å². The molecule has 1 aromatic heterocycles. The number of rotatable bonds is 3. The highest BCUT2D eigenvalue weighted by molar-refractivity contribution is 6.30. The second-order valence-electron chi connectivity index (χ2n) is 4.99. The fraction of sp³-hybridized carbons (Fsp3) is 0.400. The van der Waals surface area contributed by atoms with Crippen LogP contribution in [0, 0.1) is 20.8 Å². The number of ether oxygens (including phenoxy) is 1. The summed E-state index contributed by atoms with van der Waals surface area (Å²) >= 11 is 6.23. The number of hydrogen-bond acceptors (Lipinski definition) is 3. The number of aryl methyl sites for hydroxylation is 4. The van der Waals surface area contributed by atoms with Crippen LogP contribution in [-0.2, 0) is 7.05 Å². The van der Waals surface area contributed by atoms with Crippen molar-refractivity contribution >= 4 is 11.6 Å². The first-order valence-electron chi connectivity index (χ1n) is 6.39. The molecule has 20 heavy (non-hydrogen) atoms. The fourth-order valence-corrected chi connectivity index (χ4v) is 2.72. The molecule has 0 amide bonds. The minimum absolute atomic E-state index is 0.461. The van der Waals surface area contributed by atoms with Gasteiger partial charge in [0.15, 0.2) is 0 Å². The van der Waals surface area contributed by atoms with E-state index in [1.165, 1.54) is 0 Å². The molecule has 0 spiro atoms. The zero-order chi connectivity index (χ0) is 15.0. The number of nitrogens with zero attached hydrogens (tertiary/aromatic N) is 2. The summed E-state index contributed by atoms with van der Waals surface area (Å²) in [5.74, 6) is 0.812. The van der Waals surface area contributed by atoms with Gasteiger partial charge in [-0.3, -0.25) is 4.68 Å². The minimum Gasteiger partial charge on any atom is -0.496 e. The summed E-state index contributed by atoms with van der Waals surface area (Å²) in [4.78, 5) is 0. The van der Waals surface area contributed by atoms with E-state index in [4.69, 9.17) is 16.3 Å². The third-order valence-electron chi connectivity index (χ3n) is 3.55. The summed E-state index contributed by atoms with van der Waals surface area (Å²) in [6.45, 7) is 5.74. The van der Waals surface area contributed by atoms with Crippen LogP contribution in [-0.4, -0.2) is 22.0 Å². The average molecular weight is 295 g/mol. The van der Waals surface area contributed by atoms with E-state index in [0.717, 1.165) is 28.1 Å². The maximum absolute atomic E-state index is 10.7. The fourth-order valence-electron chi connectivity index (χ4n) is 2.44. The summed E-state index contributed by atoms with van der Waals surface area (Å²) in [5, 5.41) is 15.4. The molecule has 1 N–H and O–H groups in total. The lowest BCUT2D eigenvalue weighted by atomic mass is 9.95. The standard InChI is InChI=1S/C15H19ClN2O2/c1-8-7-12(20-5)9(2)6-11(8)14(19)13-10(3)17-18(4)15(13)16/h6-7,14,19H,1-5H3. The average Bonchev–Trinajstić information content (AvgIpc) is 2.65. The summed E-state index contributed by atoms with van der Waals surface area (Å²) < 4.78 is 6.86. The smallest absolute Gasteiger partial charge is 0.133 e. The zero-order valence-corrected chi connectivity index (χ0v) is 13.1. The van der Waals surface area contributed by atoms with Crippen LogP contribution >= 0.6 is 11.6 Å². The van der Waals surface area contributed by atoms with E-state index >= 15 is 0 Å². The summed E-state index contributed by atoms with van der Waals surface area (Å²) in [7, 11) is 3.40. The molecule has 0 aliphatic carbocycles. The van der Waals surface area contributed by atoms with Crippen molar-refractivity contribution in [1.29, 1.82) is 0 Å². The lowest BCUT2D eigenvalue weighted by Crippen LogP contribution is -2.05. The van der Waals surface area contributed by atoms with Gasteiger partial charge in [0.05, 0.1) is 12.8 Å². The molecule has 1 aromatic carbocycles. The molecule has 2 aromatic rings.